The lowest BCUT2D eigenvalue weighted by Crippen LogP contribution is -2.43. The van der Waals surface area contributed by atoms with Crippen LogP contribution in [0.15, 0.2) is 6.33 Å². The highest BCUT2D eigenvalue weighted by Gasteiger charge is 2.21. The predicted octanol–water partition coefficient (Wildman–Crippen LogP) is 0.337. The molecule has 102 valence electrons. The molecule has 0 saturated carbocycles. The van der Waals surface area contributed by atoms with E-state index >= 15 is 0 Å². The third-order valence-corrected chi connectivity index (χ3v) is 2.93. The molecule has 1 amide bonds. The monoisotopic (exact) mass is 255 g/mol. The maximum atomic E-state index is 12.2. The molecule has 0 aliphatic rings. The molecule has 0 radical (unpaired) electrons. The first kappa shape index (κ1) is 14.6. The molecule has 1 heterocycles. The summed E-state index contributed by atoms with van der Waals surface area (Å²) < 4.78 is 6.49. The highest BCUT2D eigenvalue weighted by Crippen LogP contribution is 2.09. The van der Waals surface area contributed by atoms with Gasteiger partial charge in [0.25, 0.3) is 0 Å². The number of hydrogen-bond donors (Lipinski definition) is 0. The Morgan fingerprint density at radius 1 is 1.44 bits per heavy atom. The maximum Gasteiger partial charge on any atom is 0.244 e. The molecule has 0 spiro atoms. The van der Waals surface area contributed by atoms with Gasteiger partial charge in [0.05, 0.1) is 6.61 Å². The molecule has 0 atom stereocenters. The minimum Gasteiger partial charge on any atom is -0.383 e. The molecule has 0 saturated heterocycles. The molecule has 0 aromatic carbocycles. The van der Waals surface area contributed by atoms with Gasteiger partial charge in [-0.05, 0) is 23.3 Å². The summed E-state index contributed by atoms with van der Waals surface area (Å²) in [7, 11) is 1.64. The number of amides is 1. The number of carbonyl (C=O) groups excluding carboxylic acids is 1. The van der Waals surface area contributed by atoms with E-state index in [0.717, 1.165) is 12.8 Å². The Hall–Kier alpha value is -1.50. The summed E-state index contributed by atoms with van der Waals surface area (Å²) in [4.78, 5) is 14.1. The first-order valence-electron chi connectivity index (χ1n) is 6.22. The molecule has 0 aliphatic carbocycles. The topological polar surface area (TPSA) is 73.1 Å². The number of carbonyl (C=O) groups is 1. The minimum absolute atomic E-state index is 0.0213. The minimum atomic E-state index is 0.0213. The molecule has 7 heteroatoms. The van der Waals surface area contributed by atoms with Gasteiger partial charge in [0.2, 0.25) is 5.91 Å². The number of aromatic nitrogens is 4. The zero-order chi connectivity index (χ0) is 13.4. The number of ether oxygens (including phenoxy) is 1. The van der Waals surface area contributed by atoms with Crippen molar-refractivity contribution in [2.45, 2.75) is 39.3 Å². The van der Waals surface area contributed by atoms with Crippen molar-refractivity contribution in [2.24, 2.45) is 0 Å². The summed E-state index contributed by atoms with van der Waals surface area (Å²) in [5.74, 6) is 0.0213. The maximum absolute atomic E-state index is 12.2. The fourth-order valence-electron chi connectivity index (χ4n) is 1.91. The van der Waals surface area contributed by atoms with E-state index in [0.29, 0.717) is 13.2 Å². The van der Waals surface area contributed by atoms with Gasteiger partial charge in [0, 0.05) is 19.7 Å². The van der Waals surface area contributed by atoms with E-state index in [9.17, 15) is 4.79 Å². The third kappa shape index (κ3) is 4.06. The standard InChI is InChI=1S/C11H21N5O2/c1-4-10(5-2)16(6-7-18-3)11(17)8-15-9-12-13-14-15/h9-10H,4-8H2,1-3H3. The van der Waals surface area contributed by atoms with Crippen molar-refractivity contribution in [3.8, 4) is 0 Å². The van der Waals surface area contributed by atoms with Crippen LogP contribution in [0.25, 0.3) is 0 Å². The smallest absolute Gasteiger partial charge is 0.244 e. The molecule has 1 rings (SSSR count). The summed E-state index contributed by atoms with van der Waals surface area (Å²) in [6, 6.07) is 0.240. The predicted molar refractivity (Wildman–Crippen MR) is 65.8 cm³/mol. The fourth-order valence-corrected chi connectivity index (χ4v) is 1.91. The van der Waals surface area contributed by atoms with E-state index < -0.39 is 0 Å². The first-order chi connectivity index (χ1) is 8.72. The van der Waals surface area contributed by atoms with Crippen molar-refractivity contribution in [1.29, 1.82) is 0 Å². The van der Waals surface area contributed by atoms with E-state index in [1.54, 1.807) is 7.11 Å². The average Bonchev–Trinajstić information content (AvgIpc) is 2.87. The molecule has 0 fully saturated rings. The molecule has 1 aromatic heterocycles. The summed E-state index contributed by atoms with van der Waals surface area (Å²) >= 11 is 0. The van der Waals surface area contributed by atoms with Gasteiger partial charge < -0.3 is 9.64 Å². The largest absolute Gasteiger partial charge is 0.383 e. The Morgan fingerprint density at radius 3 is 2.67 bits per heavy atom. The fraction of sp³-hybridized carbons (Fsp3) is 0.818. The van der Waals surface area contributed by atoms with Crippen molar-refractivity contribution in [2.75, 3.05) is 20.3 Å². The molecule has 0 unspecified atom stereocenters. The Balaban J connectivity index is 2.65. The van der Waals surface area contributed by atoms with Gasteiger partial charge in [-0.3, -0.25) is 4.79 Å². The summed E-state index contributed by atoms with van der Waals surface area (Å²) in [5.41, 5.74) is 0. The third-order valence-electron chi connectivity index (χ3n) is 2.93. The van der Waals surface area contributed by atoms with Crippen LogP contribution in [-0.2, 0) is 16.1 Å². The Bertz CT molecular complexity index is 337. The molecule has 0 N–H and O–H groups in total. The SMILES string of the molecule is CCC(CC)N(CCOC)C(=O)Cn1cnnn1. The van der Waals surface area contributed by atoms with Gasteiger partial charge in [-0.15, -0.1) is 5.10 Å². The lowest BCUT2D eigenvalue weighted by Gasteiger charge is -2.30. The number of hydrogen-bond acceptors (Lipinski definition) is 5. The Kier molecular flexibility index (Phi) is 6.27. The zero-order valence-electron chi connectivity index (χ0n) is 11.2. The molecular formula is C11H21N5O2. The molecule has 7 nitrogen and oxygen atoms in total. The second kappa shape index (κ2) is 7.75. The molecule has 0 aliphatic heterocycles. The molecule has 1 aromatic rings. The van der Waals surface area contributed by atoms with Crippen molar-refractivity contribution < 1.29 is 9.53 Å². The van der Waals surface area contributed by atoms with Crippen LogP contribution in [0.1, 0.15) is 26.7 Å². The van der Waals surface area contributed by atoms with Gasteiger partial charge >= 0.3 is 0 Å². The molecule has 18 heavy (non-hydrogen) atoms. The van der Waals surface area contributed by atoms with E-state index in [-0.39, 0.29) is 18.5 Å². The summed E-state index contributed by atoms with van der Waals surface area (Å²) in [5, 5.41) is 10.7. The van der Waals surface area contributed by atoms with Crippen LogP contribution in [0.5, 0.6) is 0 Å². The summed E-state index contributed by atoms with van der Waals surface area (Å²) in [6.07, 6.45) is 3.31. The molecular weight excluding hydrogens is 234 g/mol. The van der Waals surface area contributed by atoms with Crippen LogP contribution in [0.2, 0.25) is 0 Å². The number of methoxy groups -OCH3 is 1. The quantitative estimate of drug-likeness (QED) is 0.669. The van der Waals surface area contributed by atoms with E-state index in [2.05, 4.69) is 29.4 Å². The van der Waals surface area contributed by atoms with Gasteiger partial charge in [-0.1, -0.05) is 13.8 Å². The van der Waals surface area contributed by atoms with Crippen molar-refractivity contribution in [1.82, 2.24) is 25.1 Å². The van der Waals surface area contributed by atoms with Crippen molar-refractivity contribution in [3.63, 3.8) is 0 Å². The normalized spacial score (nSPS) is 10.9. The number of tetrazole rings is 1. The van der Waals surface area contributed by atoms with Crippen LogP contribution in [-0.4, -0.2) is 57.3 Å². The van der Waals surface area contributed by atoms with Crippen LogP contribution < -0.4 is 0 Å². The second-order valence-electron chi connectivity index (χ2n) is 4.06. The van der Waals surface area contributed by atoms with Gasteiger partial charge in [-0.25, -0.2) is 4.68 Å². The van der Waals surface area contributed by atoms with Crippen LogP contribution >= 0.6 is 0 Å². The van der Waals surface area contributed by atoms with E-state index in [1.165, 1.54) is 11.0 Å². The highest BCUT2D eigenvalue weighted by molar-refractivity contribution is 5.76. The van der Waals surface area contributed by atoms with E-state index in [4.69, 9.17) is 4.74 Å². The van der Waals surface area contributed by atoms with Crippen LogP contribution in [0.4, 0.5) is 0 Å². The Morgan fingerprint density at radius 2 is 2.17 bits per heavy atom. The molecule has 0 bridgehead atoms. The number of rotatable bonds is 8. The van der Waals surface area contributed by atoms with Crippen molar-refractivity contribution >= 4 is 5.91 Å². The number of nitrogens with zero attached hydrogens (tertiary/aromatic N) is 5. The average molecular weight is 255 g/mol. The van der Waals surface area contributed by atoms with E-state index in [1.807, 2.05) is 4.90 Å². The van der Waals surface area contributed by atoms with Gasteiger partial charge in [0.1, 0.15) is 12.9 Å². The second-order valence-corrected chi connectivity index (χ2v) is 4.06. The first-order valence-corrected chi connectivity index (χ1v) is 6.22. The van der Waals surface area contributed by atoms with Crippen molar-refractivity contribution in [3.05, 3.63) is 6.33 Å². The van der Waals surface area contributed by atoms with Gasteiger partial charge in [-0.2, -0.15) is 0 Å². The lowest BCUT2D eigenvalue weighted by atomic mass is 10.1. The lowest BCUT2D eigenvalue weighted by molar-refractivity contribution is -0.135. The van der Waals surface area contributed by atoms with Crippen LogP contribution in [0, 0.1) is 0 Å². The Labute approximate surface area is 107 Å². The summed E-state index contributed by atoms with van der Waals surface area (Å²) in [6.45, 7) is 5.48. The zero-order valence-corrected chi connectivity index (χ0v) is 11.2. The van der Waals surface area contributed by atoms with Crippen LogP contribution in [0.3, 0.4) is 0 Å². The highest BCUT2D eigenvalue weighted by atomic mass is 16.5. The van der Waals surface area contributed by atoms with Gasteiger partial charge in [0.15, 0.2) is 0 Å².